The lowest BCUT2D eigenvalue weighted by molar-refractivity contribution is -0.395. The first-order valence-electron chi connectivity index (χ1n) is 6.61. The van der Waals surface area contributed by atoms with E-state index in [4.69, 9.17) is 14.6 Å². The Hall–Kier alpha value is -2.90. The Morgan fingerprint density at radius 1 is 1.20 bits per heavy atom. The lowest BCUT2D eigenvalue weighted by Crippen LogP contribution is -2.59. The second-order valence-electron chi connectivity index (χ2n) is 4.97. The van der Waals surface area contributed by atoms with Gasteiger partial charge in [0.2, 0.25) is 12.0 Å². The number of hydrogen-bond acceptors (Lipinski definition) is 9. The summed E-state index contributed by atoms with van der Waals surface area (Å²) in [6.45, 7) is 0. The Labute approximate surface area is 137 Å². The molecular formula is C12H11FN2O10. The van der Waals surface area contributed by atoms with Crippen LogP contribution in [0.25, 0.3) is 0 Å². The molecule has 13 heteroatoms. The van der Waals surface area contributed by atoms with Gasteiger partial charge < -0.3 is 24.8 Å². The molecule has 1 aliphatic rings. The van der Waals surface area contributed by atoms with Gasteiger partial charge in [-0.1, -0.05) is 0 Å². The van der Waals surface area contributed by atoms with Gasteiger partial charge in [-0.2, -0.15) is 0 Å². The summed E-state index contributed by atoms with van der Waals surface area (Å²) in [5.41, 5.74) is -1.52. The van der Waals surface area contributed by atoms with Crippen LogP contribution in [0.1, 0.15) is 0 Å². The summed E-state index contributed by atoms with van der Waals surface area (Å²) in [4.78, 5) is 30.7. The Morgan fingerprint density at radius 3 is 2.36 bits per heavy atom. The maximum absolute atomic E-state index is 14.0. The number of hydrogen-bond donors (Lipinski definition) is 3. The molecule has 1 aromatic carbocycles. The number of benzene rings is 1. The number of rotatable bonds is 5. The van der Waals surface area contributed by atoms with Gasteiger partial charge in [-0.25, -0.2) is 9.18 Å². The highest BCUT2D eigenvalue weighted by atomic mass is 19.1. The second kappa shape index (κ2) is 6.92. The molecule has 1 saturated heterocycles. The Morgan fingerprint density at radius 2 is 1.84 bits per heavy atom. The molecule has 12 nitrogen and oxygen atoms in total. The molecule has 0 radical (unpaired) electrons. The van der Waals surface area contributed by atoms with Crippen molar-refractivity contribution < 1.29 is 43.8 Å². The number of alkyl halides is 1. The molecule has 3 N–H and O–H groups in total. The van der Waals surface area contributed by atoms with Crippen molar-refractivity contribution >= 4 is 17.3 Å². The van der Waals surface area contributed by atoms with E-state index in [-0.39, 0.29) is 0 Å². The molecule has 25 heavy (non-hydrogen) atoms. The van der Waals surface area contributed by atoms with Crippen LogP contribution in [-0.4, -0.2) is 61.9 Å². The van der Waals surface area contributed by atoms with E-state index in [9.17, 15) is 39.6 Å². The number of nitro benzene ring substituents is 2. The van der Waals surface area contributed by atoms with E-state index < -0.39 is 63.7 Å². The number of nitrogens with zero attached hydrogens (tertiary/aromatic N) is 2. The smallest absolute Gasteiger partial charge is 0.335 e. The number of carboxylic acids is 1. The summed E-state index contributed by atoms with van der Waals surface area (Å²) in [7, 11) is 0. The highest BCUT2D eigenvalue weighted by Crippen LogP contribution is 2.34. The number of aliphatic carboxylic acids is 1. The Bertz CT molecular complexity index is 713. The van der Waals surface area contributed by atoms with Crippen molar-refractivity contribution in [3.05, 3.63) is 38.4 Å². The van der Waals surface area contributed by atoms with Crippen molar-refractivity contribution in [2.45, 2.75) is 30.8 Å². The molecule has 1 fully saturated rings. The van der Waals surface area contributed by atoms with Crippen LogP contribution in [0.3, 0.4) is 0 Å². The zero-order valence-electron chi connectivity index (χ0n) is 12.1. The largest absolute Gasteiger partial charge is 0.479 e. The van der Waals surface area contributed by atoms with Crippen LogP contribution >= 0.6 is 0 Å². The maximum Gasteiger partial charge on any atom is 0.335 e. The fraction of sp³-hybridized carbons (Fsp3) is 0.417. The lowest BCUT2D eigenvalue weighted by Gasteiger charge is -2.37. The zero-order valence-corrected chi connectivity index (χ0v) is 12.1. The molecule has 0 aliphatic carbocycles. The lowest BCUT2D eigenvalue weighted by atomic mass is 10.00. The number of non-ortho nitro benzene ring substituents is 1. The van der Waals surface area contributed by atoms with E-state index in [1.165, 1.54) is 0 Å². The standard InChI is InChI=1S/C12H11FN2O10/c13-7-8(16)9(17)10(11(18)19)25-12(7)24-6-2-1-4(14(20)21)3-5(6)15(22)23/h1-3,7-10,12,16-17H,(H,18,19)/t7-,8-,9+,10+,12-/m1/s1. The molecule has 0 saturated carbocycles. The summed E-state index contributed by atoms with van der Waals surface area (Å²) >= 11 is 0. The van der Waals surface area contributed by atoms with Crippen LogP contribution in [0, 0.1) is 20.2 Å². The number of aliphatic hydroxyl groups excluding tert-OH is 2. The minimum absolute atomic E-state index is 0.561. The number of carboxylic acid groups (broad SMARTS) is 1. The molecule has 0 aromatic heterocycles. The highest BCUT2D eigenvalue weighted by Gasteiger charge is 2.49. The first kappa shape index (κ1) is 18.4. The first-order chi connectivity index (χ1) is 11.6. The van der Waals surface area contributed by atoms with Crippen LogP contribution in [0.15, 0.2) is 18.2 Å². The predicted molar refractivity (Wildman–Crippen MR) is 73.6 cm³/mol. The van der Waals surface area contributed by atoms with E-state index in [0.717, 1.165) is 12.1 Å². The van der Waals surface area contributed by atoms with Gasteiger partial charge in [0.25, 0.3) is 5.69 Å². The quantitative estimate of drug-likeness (QED) is 0.466. The maximum atomic E-state index is 14.0. The van der Waals surface area contributed by atoms with Gasteiger partial charge in [0.15, 0.2) is 12.3 Å². The van der Waals surface area contributed by atoms with Crippen molar-refractivity contribution in [1.29, 1.82) is 0 Å². The van der Waals surface area contributed by atoms with Gasteiger partial charge >= 0.3 is 11.7 Å². The van der Waals surface area contributed by atoms with E-state index in [2.05, 4.69) is 0 Å². The van der Waals surface area contributed by atoms with Crippen molar-refractivity contribution in [2.24, 2.45) is 0 Å². The van der Waals surface area contributed by atoms with E-state index in [1.807, 2.05) is 0 Å². The van der Waals surface area contributed by atoms with E-state index >= 15 is 0 Å². The number of carbonyl (C=O) groups is 1. The van der Waals surface area contributed by atoms with E-state index in [0.29, 0.717) is 6.07 Å². The summed E-state index contributed by atoms with van der Waals surface area (Å²) in [5, 5.41) is 49.5. The van der Waals surface area contributed by atoms with Gasteiger partial charge in [0, 0.05) is 6.07 Å². The molecule has 136 valence electrons. The van der Waals surface area contributed by atoms with Crippen molar-refractivity contribution in [3.63, 3.8) is 0 Å². The Balaban J connectivity index is 2.33. The third kappa shape index (κ3) is 3.62. The van der Waals surface area contributed by atoms with Crippen LogP contribution in [-0.2, 0) is 9.53 Å². The molecular weight excluding hydrogens is 351 g/mol. The van der Waals surface area contributed by atoms with Crippen LogP contribution < -0.4 is 4.74 Å². The van der Waals surface area contributed by atoms with Gasteiger partial charge in [0.1, 0.15) is 12.2 Å². The van der Waals surface area contributed by atoms with Gasteiger partial charge in [-0.3, -0.25) is 20.2 Å². The Kier molecular flexibility index (Phi) is 5.10. The minimum Gasteiger partial charge on any atom is -0.479 e. The third-order valence-corrected chi connectivity index (χ3v) is 3.36. The zero-order chi connectivity index (χ0) is 18.9. The second-order valence-corrected chi connectivity index (χ2v) is 4.97. The number of halogens is 1. The fourth-order valence-electron chi connectivity index (χ4n) is 2.11. The molecule has 2 rings (SSSR count). The predicted octanol–water partition coefficient (Wildman–Crippen LogP) is -0.249. The number of ether oxygens (including phenoxy) is 2. The average Bonchev–Trinajstić information content (AvgIpc) is 2.54. The molecule has 0 amide bonds. The molecule has 1 aromatic rings. The summed E-state index contributed by atoms with van der Waals surface area (Å²) in [6, 6.07) is 2.21. The van der Waals surface area contributed by atoms with Crippen LogP contribution in [0.2, 0.25) is 0 Å². The monoisotopic (exact) mass is 362 g/mol. The van der Waals surface area contributed by atoms with E-state index in [1.54, 1.807) is 0 Å². The van der Waals surface area contributed by atoms with Gasteiger partial charge in [-0.05, 0) is 6.07 Å². The van der Waals surface area contributed by atoms with Gasteiger partial charge in [-0.15, -0.1) is 0 Å². The molecule has 1 heterocycles. The van der Waals surface area contributed by atoms with Crippen molar-refractivity contribution in [2.75, 3.05) is 0 Å². The average molecular weight is 362 g/mol. The third-order valence-electron chi connectivity index (χ3n) is 3.36. The topological polar surface area (TPSA) is 182 Å². The fourth-order valence-corrected chi connectivity index (χ4v) is 2.11. The first-order valence-corrected chi connectivity index (χ1v) is 6.61. The van der Waals surface area contributed by atoms with Crippen molar-refractivity contribution in [3.8, 4) is 5.75 Å². The van der Waals surface area contributed by atoms with Crippen molar-refractivity contribution in [1.82, 2.24) is 0 Å². The van der Waals surface area contributed by atoms with Crippen LogP contribution in [0.4, 0.5) is 15.8 Å². The molecule has 0 bridgehead atoms. The molecule has 0 unspecified atom stereocenters. The van der Waals surface area contributed by atoms with Gasteiger partial charge in [0.05, 0.1) is 15.9 Å². The molecule has 0 spiro atoms. The normalized spacial score (nSPS) is 29.0. The SMILES string of the molecule is O=C(O)[C@H]1O[C@@H](Oc2ccc([N+](=O)[O-])cc2[N+](=O)[O-])[C@H](F)[C@@H](O)[C@@H]1O. The summed E-state index contributed by atoms with van der Waals surface area (Å²) in [5.74, 6) is -2.36. The number of nitro groups is 2. The molecule has 1 aliphatic heterocycles. The highest BCUT2D eigenvalue weighted by molar-refractivity contribution is 5.73. The summed E-state index contributed by atoms with van der Waals surface area (Å²) in [6.07, 6.45) is -10.8. The van der Waals surface area contributed by atoms with Crippen LogP contribution in [0.5, 0.6) is 5.75 Å². The minimum atomic E-state index is -2.43. The molecule has 5 atom stereocenters. The number of aliphatic hydroxyl groups is 2. The summed E-state index contributed by atoms with van der Waals surface area (Å²) < 4.78 is 23.6.